The van der Waals surface area contributed by atoms with Gasteiger partial charge >= 0.3 is 0 Å². The van der Waals surface area contributed by atoms with Crippen LogP contribution in [0.5, 0.6) is 11.5 Å². The van der Waals surface area contributed by atoms with Crippen LogP contribution in [0, 0.1) is 0 Å². The highest BCUT2D eigenvalue weighted by molar-refractivity contribution is 5.73. The highest BCUT2D eigenvalue weighted by Gasteiger charge is 2.17. The van der Waals surface area contributed by atoms with E-state index in [2.05, 4.69) is 23.4 Å². The fourth-order valence-electron chi connectivity index (χ4n) is 2.66. The number of imidazole rings is 1. The third kappa shape index (κ3) is 2.44. The third-order valence-electron chi connectivity index (χ3n) is 3.74. The summed E-state index contributed by atoms with van der Waals surface area (Å²) in [5.41, 5.74) is 8.05. The van der Waals surface area contributed by atoms with Crippen LogP contribution in [0.25, 0.3) is 11.3 Å². The van der Waals surface area contributed by atoms with Crippen LogP contribution in [0.15, 0.2) is 18.2 Å². The number of anilines is 1. The summed E-state index contributed by atoms with van der Waals surface area (Å²) in [6, 6.07) is 5.90. The lowest BCUT2D eigenvalue weighted by Gasteiger charge is -2.09. The van der Waals surface area contributed by atoms with Crippen LogP contribution in [0.1, 0.15) is 26.1 Å². The van der Waals surface area contributed by atoms with E-state index >= 15 is 0 Å². The van der Waals surface area contributed by atoms with E-state index in [1.807, 2.05) is 18.2 Å². The van der Waals surface area contributed by atoms with Crippen LogP contribution in [0.4, 0.5) is 5.82 Å². The first-order valence-electron chi connectivity index (χ1n) is 7.49. The van der Waals surface area contributed by atoms with E-state index in [0.29, 0.717) is 19.0 Å². The number of nitrogens with two attached hydrogens (primary N) is 1. The molecule has 1 aromatic carbocycles. The van der Waals surface area contributed by atoms with Gasteiger partial charge in [0, 0.05) is 24.9 Å². The Bertz CT molecular complexity index is 649. The zero-order valence-electron chi connectivity index (χ0n) is 12.6. The molecule has 0 bridgehead atoms. The lowest BCUT2D eigenvalue weighted by atomic mass is 10.1. The first-order chi connectivity index (χ1) is 10.2. The minimum atomic E-state index is 0.676. The zero-order valence-corrected chi connectivity index (χ0v) is 12.6. The summed E-state index contributed by atoms with van der Waals surface area (Å²) < 4.78 is 13.5. The van der Waals surface area contributed by atoms with Crippen LogP contribution in [-0.2, 0) is 13.0 Å². The van der Waals surface area contributed by atoms with Crippen molar-refractivity contribution >= 4 is 5.82 Å². The Hall–Kier alpha value is -2.17. The second-order valence-corrected chi connectivity index (χ2v) is 5.07. The van der Waals surface area contributed by atoms with Crippen molar-refractivity contribution in [3.63, 3.8) is 0 Å². The fourth-order valence-corrected chi connectivity index (χ4v) is 2.66. The number of rotatable bonds is 3. The van der Waals surface area contributed by atoms with Gasteiger partial charge < -0.3 is 19.8 Å². The number of aromatic nitrogens is 2. The molecular weight excluding hydrogens is 266 g/mol. The van der Waals surface area contributed by atoms with Crippen LogP contribution < -0.4 is 15.2 Å². The number of hydrogen-bond acceptors (Lipinski definition) is 4. The van der Waals surface area contributed by atoms with Gasteiger partial charge in [-0.1, -0.05) is 6.92 Å². The molecule has 112 valence electrons. The first-order valence-corrected chi connectivity index (χ1v) is 7.49. The summed E-state index contributed by atoms with van der Waals surface area (Å²) >= 11 is 0. The SMILES string of the molecule is CCc1nc(-c2ccc3c(c2)OCCCO3)c(N)n1CC. The van der Waals surface area contributed by atoms with Gasteiger partial charge in [0.25, 0.3) is 0 Å². The second kappa shape index (κ2) is 5.68. The summed E-state index contributed by atoms with van der Waals surface area (Å²) in [4.78, 5) is 4.68. The van der Waals surface area contributed by atoms with E-state index in [1.54, 1.807) is 0 Å². The van der Waals surface area contributed by atoms with E-state index in [9.17, 15) is 0 Å². The first kappa shape index (κ1) is 13.8. The van der Waals surface area contributed by atoms with Gasteiger partial charge in [0.2, 0.25) is 0 Å². The molecule has 0 saturated heterocycles. The number of hydrogen-bond donors (Lipinski definition) is 1. The Morgan fingerprint density at radius 2 is 1.95 bits per heavy atom. The van der Waals surface area contributed by atoms with Crippen LogP contribution in [-0.4, -0.2) is 22.8 Å². The van der Waals surface area contributed by atoms with Crippen molar-refractivity contribution in [2.75, 3.05) is 18.9 Å². The standard InChI is InChI=1S/C16H21N3O2/c1-3-14-18-15(16(17)19(14)4-2)11-6-7-12-13(10-11)21-9-5-8-20-12/h6-7,10H,3-5,8-9,17H2,1-2H3. The molecule has 0 amide bonds. The smallest absolute Gasteiger partial charge is 0.161 e. The van der Waals surface area contributed by atoms with Gasteiger partial charge in [0.15, 0.2) is 11.5 Å². The van der Waals surface area contributed by atoms with Gasteiger partial charge in [-0.3, -0.25) is 0 Å². The Balaban J connectivity index is 2.05. The van der Waals surface area contributed by atoms with Crippen molar-refractivity contribution < 1.29 is 9.47 Å². The Morgan fingerprint density at radius 3 is 2.62 bits per heavy atom. The summed E-state index contributed by atoms with van der Waals surface area (Å²) in [6.45, 7) is 6.36. The maximum absolute atomic E-state index is 6.26. The normalized spacial score (nSPS) is 14.0. The predicted molar refractivity (Wildman–Crippen MR) is 82.7 cm³/mol. The minimum Gasteiger partial charge on any atom is -0.490 e. The van der Waals surface area contributed by atoms with Gasteiger partial charge in [-0.15, -0.1) is 0 Å². The molecule has 5 heteroatoms. The van der Waals surface area contributed by atoms with Gasteiger partial charge in [-0.05, 0) is 25.1 Å². The van der Waals surface area contributed by atoms with Gasteiger partial charge in [0.05, 0.1) is 13.2 Å². The topological polar surface area (TPSA) is 62.3 Å². The second-order valence-electron chi connectivity index (χ2n) is 5.07. The van der Waals surface area contributed by atoms with E-state index in [-0.39, 0.29) is 0 Å². The lowest BCUT2D eigenvalue weighted by Crippen LogP contribution is -2.04. The molecule has 2 N–H and O–H groups in total. The van der Waals surface area contributed by atoms with Gasteiger partial charge in [-0.25, -0.2) is 4.98 Å². The Morgan fingerprint density at radius 1 is 1.19 bits per heavy atom. The largest absolute Gasteiger partial charge is 0.490 e. The number of aryl methyl sites for hydroxylation is 1. The van der Waals surface area contributed by atoms with Crippen LogP contribution in [0.2, 0.25) is 0 Å². The van der Waals surface area contributed by atoms with E-state index in [1.165, 1.54) is 0 Å². The lowest BCUT2D eigenvalue weighted by molar-refractivity contribution is 0.297. The van der Waals surface area contributed by atoms with E-state index in [4.69, 9.17) is 15.2 Å². The van der Waals surface area contributed by atoms with Crippen molar-refractivity contribution in [3.8, 4) is 22.8 Å². The molecule has 21 heavy (non-hydrogen) atoms. The predicted octanol–water partition coefficient (Wildman–Crippen LogP) is 2.88. The summed E-state index contributed by atoms with van der Waals surface area (Å²) in [7, 11) is 0. The van der Waals surface area contributed by atoms with Crippen molar-refractivity contribution in [2.24, 2.45) is 0 Å². The molecule has 3 rings (SSSR count). The number of ether oxygens (including phenoxy) is 2. The Kier molecular flexibility index (Phi) is 3.73. The monoisotopic (exact) mass is 287 g/mol. The van der Waals surface area contributed by atoms with Crippen LogP contribution >= 0.6 is 0 Å². The molecular formula is C16H21N3O2. The number of fused-ring (bicyclic) bond motifs is 1. The molecule has 0 fully saturated rings. The summed E-state index contributed by atoms with van der Waals surface area (Å²) in [6.07, 6.45) is 1.76. The van der Waals surface area contributed by atoms with Crippen LogP contribution in [0.3, 0.4) is 0 Å². The molecule has 1 aliphatic rings. The average molecular weight is 287 g/mol. The molecule has 0 spiro atoms. The van der Waals surface area contributed by atoms with Crippen molar-refractivity contribution in [2.45, 2.75) is 33.2 Å². The molecule has 2 heterocycles. The highest BCUT2D eigenvalue weighted by Crippen LogP contribution is 2.36. The summed E-state index contributed by atoms with van der Waals surface area (Å²) in [5.74, 6) is 3.29. The number of nitrogen functional groups attached to an aromatic ring is 1. The van der Waals surface area contributed by atoms with Crippen molar-refractivity contribution in [1.29, 1.82) is 0 Å². The maximum atomic E-state index is 6.26. The average Bonchev–Trinajstić information content (AvgIpc) is 2.68. The van der Waals surface area contributed by atoms with Gasteiger partial charge in [-0.2, -0.15) is 0 Å². The van der Waals surface area contributed by atoms with E-state index in [0.717, 1.165) is 48.0 Å². The molecule has 5 nitrogen and oxygen atoms in total. The molecule has 1 aromatic heterocycles. The molecule has 0 radical (unpaired) electrons. The Labute approximate surface area is 124 Å². The molecule has 0 unspecified atom stereocenters. The summed E-state index contributed by atoms with van der Waals surface area (Å²) in [5, 5.41) is 0. The van der Waals surface area contributed by atoms with E-state index < -0.39 is 0 Å². The molecule has 1 aliphatic heterocycles. The number of benzene rings is 1. The molecule has 2 aromatic rings. The molecule has 0 aliphatic carbocycles. The molecule has 0 saturated carbocycles. The quantitative estimate of drug-likeness (QED) is 0.943. The maximum Gasteiger partial charge on any atom is 0.161 e. The number of nitrogens with zero attached hydrogens (tertiary/aromatic N) is 2. The highest BCUT2D eigenvalue weighted by atomic mass is 16.5. The van der Waals surface area contributed by atoms with Gasteiger partial charge in [0.1, 0.15) is 17.3 Å². The molecule has 0 atom stereocenters. The fraction of sp³-hybridized carbons (Fsp3) is 0.438. The van der Waals surface area contributed by atoms with Crippen molar-refractivity contribution in [3.05, 3.63) is 24.0 Å². The van der Waals surface area contributed by atoms with Crippen molar-refractivity contribution in [1.82, 2.24) is 9.55 Å². The third-order valence-corrected chi connectivity index (χ3v) is 3.74. The minimum absolute atomic E-state index is 0.676. The zero-order chi connectivity index (χ0) is 14.8.